The molecule has 2 aliphatic rings. The fraction of sp³-hybridized carbons (Fsp3) is 0.267. The molecule has 0 radical (unpaired) electrons. The van der Waals surface area contributed by atoms with Crippen molar-refractivity contribution in [2.45, 2.75) is 23.9 Å². The summed E-state index contributed by atoms with van der Waals surface area (Å²) in [7, 11) is -2.62. The van der Waals surface area contributed by atoms with Gasteiger partial charge in [0, 0.05) is 61.3 Å². The Labute approximate surface area is 270 Å². The van der Waals surface area contributed by atoms with Gasteiger partial charge in [0.1, 0.15) is 5.54 Å². The van der Waals surface area contributed by atoms with Gasteiger partial charge in [-0.1, -0.05) is 47.5 Å². The lowest BCUT2D eigenvalue weighted by atomic mass is 9.91. The third kappa shape index (κ3) is 5.50. The Balaban J connectivity index is 1.40. The van der Waals surface area contributed by atoms with Crippen LogP contribution in [0.25, 0.3) is 11.1 Å². The first-order chi connectivity index (χ1) is 21.4. The number of fused-ring (bicyclic) bond motifs is 1. The van der Waals surface area contributed by atoms with Crippen LogP contribution in [-0.2, 0) is 26.8 Å². The number of hydrogen-bond acceptors (Lipinski definition) is 6. The Morgan fingerprint density at radius 2 is 1.71 bits per heavy atom. The fourth-order valence-electron chi connectivity index (χ4n) is 5.87. The predicted octanol–water partition coefficient (Wildman–Crippen LogP) is 3.77. The molecule has 0 spiro atoms. The van der Waals surface area contributed by atoms with Gasteiger partial charge in [-0.25, -0.2) is 23.1 Å². The first-order valence-electron chi connectivity index (χ1n) is 14.1. The number of anilines is 2. The van der Waals surface area contributed by atoms with Crippen LogP contribution in [0.4, 0.5) is 16.4 Å². The maximum absolute atomic E-state index is 14.4. The zero-order valence-electron chi connectivity index (χ0n) is 24.4. The monoisotopic (exact) mass is 669 g/mol. The van der Waals surface area contributed by atoms with Crippen molar-refractivity contribution in [1.29, 1.82) is 0 Å². The SMILES string of the molecule is CNC(=O)N1CCN(S(=O)(=O)c2cnc3n2[C@](C)(Cc2ccc(-c4ccc[n+]([O-])c4)cc2)C(=O)N3c2cc(Cl)cc(Cl)c2)CC1. The van der Waals surface area contributed by atoms with Crippen LogP contribution < -0.4 is 14.9 Å². The maximum Gasteiger partial charge on any atom is 0.317 e. The second-order valence-electron chi connectivity index (χ2n) is 11.0. The highest BCUT2D eigenvalue weighted by atomic mass is 35.5. The molecular weight excluding hydrogens is 641 g/mol. The number of amides is 3. The summed E-state index contributed by atoms with van der Waals surface area (Å²) in [6, 6.07) is 15.3. The number of rotatable bonds is 6. The number of carbonyl (C=O) groups is 2. The van der Waals surface area contributed by atoms with E-state index in [0.29, 0.717) is 15.7 Å². The number of halogens is 2. The number of carbonyl (C=O) groups excluding carboxylic acids is 2. The van der Waals surface area contributed by atoms with Gasteiger partial charge in [-0.3, -0.25) is 9.36 Å². The maximum atomic E-state index is 14.4. The van der Waals surface area contributed by atoms with Crippen LogP contribution in [0.3, 0.4) is 0 Å². The van der Waals surface area contributed by atoms with Gasteiger partial charge in [0.25, 0.3) is 15.9 Å². The average Bonchev–Trinajstić information content (AvgIpc) is 3.54. The van der Waals surface area contributed by atoms with Crippen molar-refractivity contribution in [3.8, 4) is 11.1 Å². The second kappa shape index (κ2) is 11.6. The minimum Gasteiger partial charge on any atom is -0.619 e. The molecule has 2 aliphatic heterocycles. The summed E-state index contributed by atoms with van der Waals surface area (Å²) in [5.74, 6) is -0.298. The van der Waals surface area contributed by atoms with E-state index < -0.39 is 21.5 Å². The van der Waals surface area contributed by atoms with E-state index in [1.807, 2.05) is 30.3 Å². The van der Waals surface area contributed by atoms with E-state index in [0.717, 1.165) is 21.4 Å². The highest BCUT2D eigenvalue weighted by Crippen LogP contribution is 2.45. The highest BCUT2D eigenvalue weighted by molar-refractivity contribution is 7.89. The van der Waals surface area contributed by atoms with Crippen molar-refractivity contribution in [1.82, 2.24) is 24.1 Å². The molecule has 1 fully saturated rings. The van der Waals surface area contributed by atoms with Crippen LogP contribution in [0.5, 0.6) is 0 Å². The highest BCUT2D eigenvalue weighted by Gasteiger charge is 2.52. The van der Waals surface area contributed by atoms with Crippen LogP contribution in [-0.4, -0.2) is 72.3 Å². The van der Waals surface area contributed by atoms with Crippen LogP contribution in [0.15, 0.2) is 78.2 Å². The number of piperazine rings is 1. The summed E-state index contributed by atoms with van der Waals surface area (Å²) in [5.41, 5.74) is 1.23. The molecule has 3 amide bonds. The number of sulfonamides is 1. The number of urea groups is 1. The first-order valence-corrected chi connectivity index (χ1v) is 16.3. The summed E-state index contributed by atoms with van der Waals surface area (Å²) in [5, 5.41) is 14.8. The van der Waals surface area contributed by atoms with Crippen molar-refractivity contribution >= 4 is 56.8 Å². The predicted molar refractivity (Wildman–Crippen MR) is 169 cm³/mol. The molecule has 4 heterocycles. The number of hydrogen-bond donors (Lipinski definition) is 1. The molecule has 1 atom stereocenters. The van der Waals surface area contributed by atoms with Gasteiger partial charge >= 0.3 is 6.03 Å². The Hall–Kier alpha value is -4.17. The van der Waals surface area contributed by atoms with Gasteiger partial charge in [0.15, 0.2) is 17.4 Å². The van der Waals surface area contributed by atoms with E-state index in [9.17, 15) is 23.2 Å². The van der Waals surface area contributed by atoms with Crippen molar-refractivity contribution in [3.05, 3.63) is 94.0 Å². The molecule has 0 aliphatic carbocycles. The van der Waals surface area contributed by atoms with E-state index in [2.05, 4.69) is 10.3 Å². The van der Waals surface area contributed by atoms with Gasteiger partial charge in [0.2, 0.25) is 5.95 Å². The Kier molecular flexibility index (Phi) is 7.98. The normalized spacial score (nSPS) is 18.7. The average molecular weight is 671 g/mol. The lowest BCUT2D eigenvalue weighted by Gasteiger charge is -2.34. The molecule has 15 heteroatoms. The summed E-state index contributed by atoms with van der Waals surface area (Å²) in [6.45, 7) is 2.27. The van der Waals surface area contributed by atoms with E-state index in [1.54, 1.807) is 30.0 Å². The molecule has 0 bridgehead atoms. The molecule has 4 aromatic rings. The zero-order chi connectivity index (χ0) is 32.1. The van der Waals surface area contributed by atoms with Crippen molar-refractivity contribution < 1.29 is 22.7 Å². The van der Waals surface area contributed by atoms with Crippen LogP contribution >= 0.6 is 23.2 Å². The molecule has 6 rings (SSSR count). The summed E-state index contributed by atoms with van der Waals surface area (Å²) in [4.78, 5) is 33.8. The third-order valence-corrected chi connectivity index (χ3v) is 10.4. The van der Waals surface area contributed by atoms with Crippen molar-refractivity contribution in [2.75, 3.05) is 38.1 Å². The molecule has 1 saturated heterocycles. The van der Waals surface area contributed by atoms with Gasteiger partial charge in [-0.15, -0.1) is 0 Å². The standard InChI is InChI=1S/C30H29Cl2N7O5S/c1-30(17-20-5-7-21(8-6-20)22-4-3-9-36(42)19-22)27(40)38(25-15-23(31)14-24(32)16-25)28-34-18-26(39(28)30)45(43,44)37-12-10-35(11-13-37)29(41)33-2/h3-9,14-16,18-19H,10-13,17H2,1-2H3,(H,33,41)/t30-/m1/s1. The zero-order valence-corrected chi connectivity index (χ0v) is 26.7. The molecule has 2 aromatic heterocycles. The van der Waals surface area contributed by atoms with E-state index in [4.69, 9.17) is 23.2 Å². The third-order valence-electron chi connectivity index (χ3n) is 8.13. The minimum absolute atomic E-state index is 0.0822. The van der Waals surface area contributed by atoms with Gasteiger partial charge in [0.05, 0.1) is 11.9 Å². The fourth-order valence-corrected chi connectivity index (χ4v) is 8.00. The molecule has 12 nitrogen and oxygen atoms in total. The van der Waals surface area contributed by atoms with E-state index in [-0.39, 0.29) is 49.6 Å². The topological polar surface area (TPSA) is 135 Å². The summed E-state index contributed by atoms with van der Waals surface area (Å²) in [6.07, 6.45) is 4.26. The molecule has 2 aromatic carbocycles. The van der Waals surface area contributed by atoms with Gasteiger partial charge < -0.3 is 15.4 Å². The van der Waals surface area contributed by atoms with E-state index in [1.165, 1.54) is 45.5 Å². The Morgan fingerprint density at radius 1 is 1.04 bits per heavy atom. The second-order valence-corrected chi connectivity index (χ2v) is 13.8. The largest absolute Gasteiger partial charge is 0.619 e. The number of nitrogens with one attached hydrogen (secondary N) is 1. The van der Waals surface area contributed by atoms with Crippen molar-refractivity contribution in [3.63, 3.8) is 0 Å². The first kappa shape index (κ1) is 30.8. The molecule has 0 saturated carbocycles. The van der Waals surface area contributed by atoms with Crippen LogP contribution in [0, 0.1) is 5.21 Å². The Morgan fingerprint density at radius 3 is 2.33 bits per heavy atom. The molecule has 234 valence electrons. The quantitative estimate of drug-likeness (QED) is 0.245. The van der Waals surface area contributed by atoms with Crippen molar-refractivity contribution in [2.24, 2.45) is 0 Å². The number of aromatic nitrogens is 3. The van der Waals surface area contributed by atoms with Crippen LogP contribution in [0.1, 0.15) is 12.5 Å². The molecule has 0 unspecified atom stereocenters. The molecular formula is C30H29Cl2N7O5S. The minimum atomic E-state index is -4.14. The number of pyridine rings is 1. The molecule has 1 N–H and O–H groups in total. The lowest BCUT2D eigenvalue weighted by molar-refractivity contribution is -0.604. The molecule has 45 heavy (non-hydrogen) atoms. The number of nitrogens with zero attached hydrogens (tertiary/aromatic N) is 6. The van der Waals surface area contributed by atoms with Gasteiger partial charge in [-0.05, 0) is 42.3 Å². The summed E-state index contributed by atoms with van der Waals surface area (Å²) < 4.78 is 31.7. The summed E-state index contributed by atoms with van der Waals surface area (Å²) >= 11 is 12.6. The van der Waals surface area contributed by atoms with Gasteiger partial charge in [-0.2, -0.15) is 9.04 Å². The number of benzene rings is 2. The Bertz CT molecular complexity index is 1890. The van der Waals surface area contributed by atoms with Crippen LogP contribution in [0.2, 0.25) is 10.0 Å². The number of imidazole rings is 1. The lowest BCUT2D eigenvalue weighted by Crippen LogP contribution is -2.53. The smallest absolute Gasteiger partial charge is 0.317 e. The van der Waals surface area contributed by atoms with E-state index >= 15 is 0 Å².